The Morgan fingerprint density at radius 1 is 1.11 bits per heavy atom. The van der Waals surface area contributed by atoms with Gasteiger partial charge in [-0.2, -0.15) is 0 Å². The zero-order valence-electron chi connectivity index (χ0n) is 20.3. The number of nitrogens with zero attached hydrogens (tertiary/aromatic N) is 2. The molecule has 3 unspecified atom stereocenters. The van der Waals surface area contributed by atoms with Crippen LogP contribution < -0.4 is 14.2 Å². The van der Waals surface area contributed by atoms with Crippen LogP contribution in [0.1, 0.15) is 40.0 Å². The van der Waals surface area contributed by atoms with Crippen LogP contribution in [0.15, 0.2) is 60.9 Å². The number of ketones is 2. The fraction of sp³-hybridized carbons (Fsp3) is 0.286. The van der Waals surface area contributed by atoms with Crippen molar-refractivity contribution in [1.82, 2.24) is 9.88 Å². The molecule has 3 heterocycles. The molecule has 0 spiro atoms. The number of Topliss-reactive ketones (excluding diaryl/α,β-unsaturated/α-hetero) is 2. The van der Waals surface area contributed by atoms with Crippen molar-refractivity contribution >= 4 is 17.5 Å². The van der Waals surface area contributed by atoms with Gasteiger partial charge in [-0.15, -0.1) is 0 Å². The van der Waals surface area contributed by atoms with Gasteiger partial charge in [0.2, 0.25) is 5.78 Å². The number of aromatic nitrogens is 1. The number of likely N-dealkylation sites (tertiary alicyclic amines) is 1. The average molecular weight is 487 g/mol. The molecule has 184 valence electrons. The van der Waals surface area contributed by atoms with E-state index in [0.29, 0.717) is 29.0 Å². The number of fused-ring (bicyclic) bond motifs is 1. The summed E-state index contributed by atoms with van der Waals surface area (Å²) in [5.41, 5.74) is 2.58. The van der Waals surface area contributed by atoms with Crippen LogP contribution in [-0.4, -0.2) is 47.7 Å². The van der Waals surface area contributed by atoms with Crippen LogP contribution in [0.25, 0.3) is 0 Å². The Bertz CT molecular complexity index is 1340. The highest BCUT2D eigenvalue weighted by molar-refractivity contribution is 6.44. The molecule has 1 amide bonds. The maximum atomic E-state index is 13.9. The molecular formula is C28H26N2O6. The molecule has 1 saturated heterocycles. The number of pyridine rings is 1. The molecule has 2 aliphatic heterocycles. The van der Waals surface area contributed by atoms with Crippen LogP contribution in [0, 0.1) is 5.92 Å². The van der Waals surface area contributed by atoms with E-state index in [1.807, 2.05) is 13.0 Å². The molecule has 2 aliphatic rings. The fourth-order valence-electron chi connectivity index (χ4n) is 5.01. The smallest absolute Gasteiger partial charge is 0.291 e. The highest BCUT2D eigenvalue weighted by atomic mass is 16.5. The normalized spacial score (nSPS) is 20.8. The molecule has 0 saturated carbocycles. The first-order valence-electron chi connectivity index (χ1n) is 11.7. The van der Waals surface area contributed by atoms with E-state index < -0.39 is 29.4 Å². The highest BCUT2D eigenvalue weighted by Crippen LogP contribution is 2.44. The Morgan fingerprint density at radius 3 is 2.67 bits per heavy atom. The summed E-state index contributed by atoms with van der Waals surface area (Å²) in [5.74, 6) is -1.37. The SMILES string of the molecule is COc1ccc(C2C(C(=O)c3ccc4c(c3)CC(C)O4)C(=O)C(=O)N2Cc2cccnc2)c(OC)c1. The molecule has 0 aliphatic carbocycles. The molecule has 8 heteroatoms. The van der Waals surface area contributed by atoms with E-state index in [4.69, 9.17) is 14.2 Å². The van der Waals surface area contributed by atoms with Gasteiger partial charge < -0.3 is 19.1 Å². The van der Waals surface area contributed by atoms with Crippen LogP contribution in [0.5, 0.6) is 17.2 Å². The van der Waals surface area contributed by atoms with E-state index >= 15 is 0 Å². The summed E-state index contributed by atoms with van der Waals surface area (Å²) in [5, 5.41) is 0. The van der Waals surface area contributed by atoms with Crippen molar-refractivity contribution in [2.24, 2.45) is 5.92 Å². The third-order valence-corrected chi connectivity index (χ3v) is 6.70. The van der Waals surface area contributed by atoms with Gasteiger partial charge in [-0.3, -0.25) is 19.4 Å². The quantitative estimate of drug-likeness (QED) is 0.286. The maximum Gasteiger partial charge on any atom is 0.291 e. The molecule has 2 aromatic carbocycles. The molecule has 1 aromatic heterocycles. The number of methoxy groups -OCH3 is 2. The minimum Gasteiger partial charge on any atom is -0.497 e. The Kier molecular flexibility index (Phi) is 6.18. The minimum absolute atomic E-state index is 0.0197. The third-order valence-electron chi connectivity index (χ3n) is 6.70. The molecule has 36 heavy (non-hydrogen) atoms. The van der Waals surface area contributed by atoms with E-state index in [2.05, 4.69) is 4.98 Å². The number of carbonyl (C=O) groups is 3. The van der Waals surface area contributed by atoms with Crippen LogP contribution in [0.3, 0.4) is 0 Å². The highest BCUT2D eigenvalue weighted by Gasteiger charge is 2.52. The van der Waals surface area contributed by atoms with E-state index in [1.165, 1.54) is 19.1 Å². The van der Waals surface area contributed by atoms with E-state index in [-0.39, 0.29) is 12.6 Å². The molecule has 5 rings (SSSR count). The predicted molar refractivity (Wildman–Crippen MR) is 130 cm³/mol. The van der Waals surface area contributed by atoms with Gasteiger partial charge in [-0.25, -0.2) is 0 Å². The zero-order valence-corrected chi connectivity index (χ0v) is 20.3. The lowest BCUT2D eigenvalue weighted by Gasteiger charge is -2.28. The van der Waals surface area contributed by atoms with Gasteiger partial charge in [0, 0.05) is 42.6 Å². The van der Waals surface area contributed by atoms with Crippen molar-refractivity contribution in [2.75, 3.05) is 14.2 Å². The second-order valence-electron chi connectivity index (χ2n) is 9.01. The number of benzene rings is 2. The van der Waals surface area contributed by atoms with Gasteiger partial charge in [-0.05, 0) is 54.4 Å². The molecule has 0 N–H and O–H groups in total. The summed E-state index contributed by atoms with van der Waals surface area (Å²) in [6.45, 7) is 2.08. The molecule has 8 nitrogen and oxygen atoms in total. The van der Waals surface area contributed by atoms with Gasteiger partial charge in [0.25, 0.3) is 5.91 Å². The topological polar surface area (TPSA) is 95.0 Å². The zero-order chi connectivity index (χ0) is 25.4. The van der Waals surface area contributed by atoms with Crippen molar-refractivity contribution in [3.63, 3.8) is 0 Å². The Labute approximate surface area is 208 Å². The van der Waals surface area contributed by atoms with Gasteiger partial charge in [0.15, 0.2) is 5.78 Å². The van der Waals surface area contributed by atoms with Crippen LogP contribution in [0.4, 0.5) is 0 Å². The van der Waals surface area contributed by atoms with Crippen LogP contribution >= 0.6 is 0 Å². The van der Waals surface area contributed by atoms with Crippen molar-refractivity contribution in [3.05, 3.63) is 83.2 Å². The van der Waals surface area contributed by atoms with Gasteiger partial charge in [0.1, 0.15) is 29.3 Å². The van der Waals surface area contributed by atoms with Crippen molar-refractivity contribution in [3.8, 4) is 17.2 Å². The van der Waals surface area contributed by atoms with Crippen molar-refractivity contribution in [2.45, 2.75) is 32.0 Å². The lowest BCUT2D eigenvalue weighted by molar-refractivity contribution is -0.141. The van der Waals surface area contributed by atoms with E-state index in [0.717, 1.165) is 16.9 Å². The minimum atomic E-state index is -1.23. The average Bonchev–Trinajstić information content (AvgIpc) is 3.39. The molecule has 0 bridgehead atoms. The Hall–Kier alpha value is -4.20. The van der Waals surface area contributed by atoms with Gasteiger partial charge in [-0.1, -0.05) is 6.07 Å². The first kappa shape index (κ1) is 23.5. The lowest BCUT2D eigenvalue weighted by Crippen LogP contribution is -2.30. The summed E-state index contributed by atoms with van der Waals surface area (Å²) in [6, 6.07) is 13.0. The predicted octanol–water partition coefficient (Wildman–Crippen LogP) is 3.57. The molecule has 3 atom stereocenters. The number of rotatable bonds is 7. The van der Waals surface area contributed by atoms with E-state index in [9.17, 15) is 14.4 Å². The summed E-state index contributed by atoms with van der Waals surface area (Å²) in [4.78, 5) is 46.1. The van der Waals surface area contributed by atoms with Crippen LogP contribution in [0.2, 0.25) is 0 Å². The fourth-order valence-corrected chi connectivity index (χ4v) is 5.01. The summed E-state index contributed by atoms with van der Waals surface area (Å²) < 4.78 is 16.7. The second-order valence-corrected chi connectivity index (χ2v) is 9.01. The molecule has 3 aromatic rings. The third kappa shape index (κ3) is 4.08. The Balaban J connectivity index is 1.60. The summed E-state index contributed by atoms with van der Waals surface area (Å²) >= 11 is 0. The number of amides is 1. The van der Waals surface area contributed by atoms with E-state index in [1.54, 1.807) is 54.9 Å². The summed E-state index contributed by atoms with van der Waals surface area (Å²) in [6.07, 6.45) is 3.97. The maximum absolute atomic E-state index is 13.9. The standard InChI is InChI=1S/C28H26N2O6/c1-16-11-19-12-18(6-9-22(19)36-16)26(31)24-25(21-8-7-20(34-2)13-23(21)35-3)30(28(33)27(24)32)15-17-5-4-10-29-14-17/h4-10,12-14,16,24-25H,11,15H2,1-3H3. The number of carbonyl (C=O) groups excluding carboxylic acids is 3. The lowest BCUT2D eigenvalue weighted by atomic mass is 9.85. The van der Waals surface area contributed by atoms with Gasteiger partial charge in [0.05, 0.1) is 20.3 Å². The second kappa shape index (κ2) is 9.45. The molecule has 1 fully saturated rings. The number of ether oxygens (including phenoxy) is 3. The molecular weight excluding hydrogens is 460 g/mol. The first-order valence-corrected chi connectivity index (χ1v) is 11.7. The summed E-state index contributed by atoms with van der Waals surface area (Å²) in [7, 11) is 3.04. The molecule has 0 radical (unpaired) electrons. The van der Waals surface area contributed by atoms with Crippen molar-refractivity contribution in [1.29, 1.82) is 0 Å². The van der Waals surface area contributed by atoms with Crippen molar-refractivity contribution < 1.29 is 28.6 Å². The number of hydrogen-bond acceptors (Lipinski definition) is 7. The largest absolute Gasteiger partial charge is 0.497 e. The Morgan fingerprint density at radius 2 is 1.94 bits per heavy atom. The van der Waals surface area contributed by atoms with Gasteiger partial charge >= 0.3 is 0 Å². The number of hydrogen-bond donors (Lipinski definition) is 0. The monoisotopic (exact) mass is 486 g/mol. The van der Waals surface area contributed by atoms with Crippen LogP contribution in [-0.2, 0) is 22.6 Å². The first-order chi connectivity index (χ1) is 17.4.